The van der Waals surface area contributed by atoms with Gasteiger partial charge in [0.1, 0.15) is 33.7 Å². The van der Waals surface area contributed by atoms with Gasteiger partial charge in [-0.3, -0.25) is 28.7 Å². The van der Waals surface area contributed by atoms with Gasteiger partial charge in [0.15, 0.2) is 11.6 Å². The van der Waals surface area contributed by atoms with E-state index in [0.717, 1.165) is 66.5 Å². The molecule has 0 radical (unpaired) electrons. The number of hydrogen-bond donors (Lipinski definition) is 2. The standard InChI is InChI=1S/C46H50Cl2N10O5S2/c1-25-27(3)64-45-39(25)41(31-7-11-33(47)12-8-31)51-35(43-55-53-29(5)57(43)45)23-37(59)49-15-17-61-19-21-63-22-20-62-18-16-50-38(60)24-36-44-56-54-30(6)58(44)46-40(26(2)28(4)65-46)42(52-36)32-9-13-34(48)14-10-32/h7-14,35-36H,15-24H2,1-6H3,(H,49,59)(H,50,60)/t35-,36-/m0/s1. The van der Waals surface area contributed by atoms with Gasteiger partial charge in [-0.25, -0.2) is 0 Å². The smallest absolute Gasteiger partial charge is 0.222 e. The van der Waals surface area contributed by atoms with Gasteiger partial charge in [-0.05, 0) is 76.9 Å². The minimum atomic E-state index is -0.553. The Balaban J connectivity index is 0.742. The summed E-state index contributed by atoms with van der Waals surface area (Å²) in [5, 5.41) is 26.9. The third-order valence-electron chi connectivity index (χ3n) is 11.4. The summed E-state index contributed by atoms with van der Waals surface area (Å²) >= 11 is 15.8. The minimum absolute atomic E-state index is 0.0930. The molecule has 0 saturated carbocycles. The average Bonchev–Trinajstić information content (AvgIpc) is 3.98. The number of benzene rings is 2. The first-order valence-corrected chi connectivity index (χ1v) is 23.8. The Hall–Kier alpha value is -5.14. The maximum Gasteiger partial charge on any atom is 0.222 e. The number of carbonyl (C=O) groups excluding carboxylic acids is 2. The summed E-state index contributed by atoms with van der Waals surface area (Å²) in [5.41, 5.74) is 7.72. The zero-order valence-electron chi connectivity index (χ0n) is 37.0. The normalized spacial score (nSPS) is 15.3. The number of ether oxygens (including phenoxy) is 3. The highest BCUT2D eigenvalue weighted by atomic mass is 35.5. The fourth-order valence-corrected chi connectivity index (χ4v) is 10.5. The van der Waals surface area contributed by atoms with Crippen molar-refractivity contribution < 1.29 is 23.8 Å². The molecule has 2 aliphatic rings. The largest absolute Gasteiger partial charge is 0.377 e. The lowest BCUT2D eigenvalue weighted by Gasteiger charge is -2.13. The minimum Gasteiger partial charge on any atom is -0.377 e. The van der Waals surface area contributed by atoms with Crippen LogP contribution >= 0.6 is 45.9 Å². The SMILES string of the molecule is Cc1sc2c(c1C)C(c1ccc(Cl)cc1)=N[C@@H](CC(=O)NCCOCCOCCOCCNC(=O)C[C@@H]1N=C(c3ccc(Cl)cc3)c3c(sc(C)c3C)-n3c(C)nnc31)c1nnc(C)n1-2. The van der Waals surface area contributed by atoms with Gasteiger partial charge in [0.05, 0.1) is 63.9 Å². The van der Waals surface area contributed by atoms with Crippen LogP contribution in [0, 0.1) is 41.5 Å². The summed E-state index contributed by atoms with van der Waals surface area (Å²) in [6, 6.07) is 14.1. The molecule has 2 aromatic carbocycles. The first kappa shape index (κ1) is 46.4. The Morgan fingerprint density at radius 1 is 0.569 bits per heavy atom. The number of aryl methyl sites for hydroxylation is 4. The van der Waals surface area contributed by atoms with Crippen LogP contribution in [-0.2, 0) is 23.8 Å². The van der Waals surface area contributed by atoms with Gasteiger partial charge in [-0.1, -0.05) is 47.5 Å². The van der Waals surface area contributed by atoms with Crippen LogP contribution in [0.2, 0.25) is 10.0 Å². The average molecular weight is 958 g/mol. The lowest BCUT2D eigenvalue weighted by Crippen LogP contribution is -2.29. The van der Waals surface area contributed by atoms with Crippen molar-refractivity contribution in [2.24, 2.45) is 9.98 Å². The Bertz CT molecular complexity index is 2570. The third kappa shape index (κ3) is 10.2. The predicted octanol–water partition coefficient (Wildman–Crippen LogP) is 7.68. The molecular formula is C46H50Cl2N10O5S2. The molecule has 2 N–H and O–H groups in total. The van der Waals surface area contributed by atoms with Crippen molar-refractivity contribution in [2.75, 3.05) is 52.7 Å². The maximum atomic E-state index is 13.3. The molecule has 6 aromatic rings. The molecule has 2 aliphatic heterocycles. The van der Waals surface area contributed by atoms with E-state index in [1.807, 2.05) is 71.5 Å². The number of amides is 2. The number of aromatic nitrogens is 6. The van der Waals surface area contributed by atoms with Crippen LogP contribution in [0.4, 0.5) is 0 Å². The fraction of sp³-hybridized carbons (Fsp3) is 0.391. The number of nitrogens with zero attached hydrogens (tertiary/aromatic N) is 8. The van der Waals surface area contributed by atoms with Gasteiger partial charge in [-0.2, -0.15) is 0 Å². The van der Waals surface area contributed by atoms with Gasteiger partial charge >= 0.3 is 0 Å². The molecular weight excluding hydrogens is 908 g/mol. The topological polar surface area (TPSA) is 172 Å². The predicted molar refractivity (Wildman–Crippen MR) is 254 cm³/mol. The second kappa shape index (κ2) is 20.6. The summed E-state index contributed by atoms with van der Waals surface area (Å²) in [7, 11) is 0. The number of aliphatic imine (C=N–C) groups is 2. The summed E-state index contributed by atoms with van der Waals surface area (Å²) in [6.07, 6.45) is 0.186. The van der Waals surface area contributed by atoms with E-state index in [9.17, 15) is 9.59 Å². The van der Waals surface area contributed by atoms with E-state index in [4.69, 9.17) is 47.4 Å². The van der Waals surface area contributed by atoms with E-state index in [2.05, 4.69) is 58.7 Å². The summed E-state index contributed by atoms with van der Waals surface area (Å²) in [5.74, 6) is 2.38. The van der Waals surface area contributed by atoms with E-state index in [1.165, 1.54) is 9.75 Å². The van der Waals surface area contributed by atoms with Gasteiger partial charge in [0.2, 0.25) is 11.8 Å². The van der Waals surface area contributed by atoms with Crippen LogP contribution < -0.4 is 10.6 Å². The number of thiophene rings is 2. The van der Waals surface area contributed by atoms with E-state index < -0.39 is 12.1 Å². The Kier molecular flexibility index (Phi) is 14.7. The van der Waals surface area contributed by atoms with E-state index >= 15 is 0 Å². The Morgan fingerprint density at radius 2 is 0.938 bits per heavy atom. The molecule has 19 heteroatoms. The van der Waals surface area contributed by atoms with Gasteiger partial charge < -0.3 is 24.8 Å². The molecule has 0 aliphatic carbocycles. The van der Waals surface area contributed by atoms with Crippen molar-refractivity contribution in [1.29, 1.82) is 0 Å². The lowest BCUT2D eigenvalue weighted by molar-refractivity contribution is -0.122. The molecule has 65 heavy (non-hydrogen) atoms. The zero-order valence-corrected chi connectivity index (χ0v) is 40.2. The van der Waals surface area contributed by atoms with Gasteiger partial charge in [-0.15, -0.1) is 43.1 Å². The second-order valence-corrected chi connectivity index (χ2v) is 19.0. The lowest BCUT2D eigenvalue weighted by atomic mass is 9.99. The first-order chi connectivity index (χ1) is 31.4. The van der Waals surface area contributed by atoms with E-state index in [-0.39, 0.29) is 24.7 Å². The van der Waals surface area contributed by atoms with Crippen molar-refractivity contribution in [3.8, 4) is 10.0 Å². The number of hydrogen-bond acceptors (Lipinski definition) is 13. The second-order valence-electron chi connectivity index (χ2n) is 15.8. The van der Waals surface area contributed by atoms with Crippen LogP contribution in [0.3, 0.4) is 0 Å². The van der Waals surface area contributed by atoms with Crippen LogP contribution in [0.1, 0.15) is 91.4 Å². The quantitative estimate of drug-likeness (QED) is 0.0821. The molecule has 340 valence electrons. The van der Waals surface area contributed by atoms with Crippen LogP contribution in [-0.4, -0.2) is 105 Å². The van der Waals surface area contributed by atoms with Crippen LogP contribution in [0.5, 0.6) is 0 Å². The van der Waals surface area contributed by atoms with Crippen molar-refractivity contribution in [3.63, 3.8) is 0 Å². The van der Waals surface area contributed by atoms with E-state index in [1.54, 1.807) is 22.7 Å². The van der Waals surface area contributed by atoms with Crippen LogP contribution in [0.25, 0.3) is 10.0 Å². The van der Waals surface area contributed by atoms with Gasteiger partial charge in [0, 0.05) is 55.1 Å². The van der Waals surface area contributed by atoms with Crippen molar-refractivity contribution in [1.82, 2.24) is 40.2 Å². The molecule has 4 aromatic heterocycles. The first-order valence-electron chi connectivity index (χ1n) is 21.4. The summed E-state index contributed by atoms with van der Waals surface area (Å²) in [6.45, 7) is 15.0. The Morgan fingerprint density at radius 3 is 1.32 bits per heavy atom. The zero-order chi connectivity index (χ0) is 45.8. The van der Waals surface area contributed by atoms with Crippen molar-refractivity contribution in [2.45, 2.75) is 66.5 Å². The molecule has 15 nitrogen and oxygen atoms in total. The number of nitrogens with one attached hydrogen (secondary N) is 2. The summed E-state index contributed by atoms with van der Waals surface area (Å²) in [4.78, 5) is 39.2. The summed E-state index contributed by atoms with van der Waals surface area (Å²) < 4.78 is 21.1. The third-order valence-corrected chi connectivity index (χ3v) is 14.2. The molecule has 0 bridgehead atoms. The molecule has 2 amide bonds. The number of halogens is 2. The van der Waals surface area contributed by atoms with E-state index in [0.29, 0.717) is 74.4 Å². The number of rotatable bonds is 18. The van der Waals surface area contributed by atoms with Crippen molar-refractivity contribution in [3.05, 3.63) is 125 Å². The molecule has 0 fully saturated rings. The maximum absolute atomic E-state index is 13.3. The molecule has 0 spiro atoms. The highest BCUT2D eigenvalue weighted by Crippen LogP contribution is 2.41. The highest BCUT2D eigenvalue weighted by Gasteiger charge is 2.34. The molecule has 8 rings (SSSR count). The Labute approximate surface area is 395 Å². The molecule has 6 heterocycles. The highest BCUT2D eigenvalue weighted by molar-refractivity contribution is 7.15. The van der Waals surface area contributed by atoms with Crippen molar-refractivity contribution >= 4 is 69.1 Å². The fourth-order valence-electron chi connectivity index (χ4n) is 7.83. The van der Waals surface area contributed by atoms with Crippen LogP contribution in [0.15, 0.2) is 58.5 Å². The molecule has 2 atom stereocenters. The molecule has 0 unspecified atom stereocenters. The number of fused-ring (bicyclic) bond motifs is 6. The monoisotopic (exact) mass is 956 g/mol. The molecule has 0 saturated heterocycles. The number of carbonyl (C=O) groups is 2. The van der Waals surface area contributed by atoms with Gasteiger partial charge in [0.25, 0.3) is 0 Å².